The van der Waals surface area contributed by atoms with Crippen LogP contribution in [0, 0.1) is 5.82 Å². The molecule has 0 unspecified atom stereocenters. The zero-order valence-corrected chi connectivity index (χ0v) is 19.5. The average Bonchev–Trinajstić information content (AvgIpc) is 3.17. The lowest BCUT2D eigenvalue weighted by Crippen LogP contribution is -2.44. The van der Waals surface area contributed by atoms with Gasteiger partial charge in [-0.1, -0.05) is 20.8 Å². The van der Waals surface area contributed by atoms with Crippen LogP contribution in [0.15, 0.2) is 23.0 Å². The van der Waals surface area contributed by atoms with Gasteiger partial charge in [-0.15, -0.1) is 0 Å². The van der Waals surface area contributed by atoms with E-state index in [2.05, 4.69) is 5.32 Å². The van der Waals surface area contributed by atoms with Crippen molar-refractivity contribution in [2.75, 3.05) is 7.11 Å². The van der Waals surface area contributed by atoms with Crippen LogP contribution < -0.4 is 15.6 Å². The van der Waals surface area contributed by atoms with Crippen molar-refractivity contribution in [1.82, 2.24) is 14.9 Å². The SMILES string of the molecule is CC[C@@]1(O)C(=O)OCc2c1cc1n(c2=O)Cc2c-1nc1cc(F)c(OC)cc1c2CNC(C)C. The number of benzene rings is 1. The Bertz CT molecular complexity index is 1410. The van der Waals surface area contributed by atoms with Crippen molar-refractivity contribution < 1.29 is 23.8 Å². The molecule has 0 aliphatic carbocycles. The van der Waals surface area contributed by atoms with Crippen molar-refractivity contribution in [3.63, 3.8) is 0 Å². The van der Waals surface area contributed by atoms with Crippen molar-refractivity contribution in [3.8, 4) is 17.1 Å². The highest BCUT2D eigenvalue weighted by molar-refractivity contribution is 5.90. The number of cyclic esters (lactones) is 1. The molecule has 2 N–H and O–H groups in total. The predicted molar refractivity (Wildman–Crippen MR) is 123 cm³/mol. The molecule has 0 spiro atoms. The molecule has 5 rings (SSSR count). The van der Waals surface area contributed by atoms with Crippen LogP contribution in [0.2, 0.25) is 0 Å². The second-order valence-corrected chi connectivity index (χ2v) is 9.06. The zero-order valence-electron chi connectivity index (χ0n) is 19.5. The minimum atomic E-state index is -1.90. The van der Waals surface area contributed by atoms with Crippen molar-refractivity contribution in [3.05, 3.63) is 56.6 Å². The fourth-order valence-electron chi connectivity index (χ4n) is 4.83. The Morgan fingerprint density at radius 1 is 1.29 bits per heavy atom. The van der Waals surface area contributed by atoms with E-state index in [0.29, 0.717) is 23.4 Å². The minimum Gasteiger partial charge on any atom is -0.494 e. The Kier molecular flexibility index (Phi) is 5.22. The number of ether oxygens (including phenoxy) is 2. The summed E-state index contributed by atoms with van der Waals surface area (Å²) < 4.78 is 26.5. The van der Waals surface area contributed by atoms with E-state index >= 15 is 0 Å². The van der Waals surface area contributed by atoms with Gasteiger partial charge in [0.1, 0.15) is 6.61 Å². The third-order valence-electron chi connectivity index (χ3n) is 6.77. The first kappa shape index (κ1) is 22.5. The quantitative estimate of drug-likeness (QED) is 0.435. The van der Waals surface area contributed by atoms with Gasteiger partial charge in [0, 0.05) is 35.2 Å². The van der Waals surface area contributed by atoms with E-state index in [0.717, 1.165) is 16.5 Å². The molecule has 34 heavy (non-hydrogen) atoms. The Morgan fingerprint density at radius 3 is 2.74 bits per heavy atom. The van der Waals surface area contributed by atoms with Crippen LogP contribution in [0.25, 0.3) is 22.3 Å². The standard InChI is InChI=1S/C25H26FN3O5/c1-5-25(32)17-7-20-22-15(10-29(20)23(30)16(17)11-34-24(25)31)14(9-27-12(2)3)13-6-21(33-4)18(26)8-19(13)28-22/h6-8,12,27,32H,5,9-11H2,1-4H3/t25-/m0/s1. The molecular formula is C25H26FN3O5. The summed E-state index contributed by atoms with van der Waals surface area (Å²) in [6.45, 7) is 6.28. The number of nitrogens with one attached hydrogen (secondary N) is 1. The fraction of sp³-hybridized carbons (Fsp3) is 0.400. The number of carbonyl (C=O) groups excluding carboxylic acids is 1. The number of aromatic nitrogens is 2. The van der Waals surface area contributed by atoms with Gasteiger partial charge in [-0.2, -0.15) is 0 Å². The molecule has 178 valence electrons. The third kappa shape index (κ3) is 3.14. The maximum atomic E-state index is 14.6. The average molecular weight is 467 g/mol. The van der Waals surface area contributed by atoms with Crippen molar-refractivity contribution in [2.45, 2.75) is 58.5 Å². The number of rotatable bonds is 5. The van der Waals surface area contributed by atoms with E-state index in [-0.39, 0.29) is 48.0 Å². The van der Waals surface area contributed by atoms with Crippen molar-refractivity contribution >= 4 is 16.9 Å². The predicted octanol–water partition coefficient (Wildman–Crippen LogP) is 2.73. The summed E-state index contributed by atoms with van der Waals surface area (Å²) in [5, 5.41) is 15.2. The Hall–Kier alpha value is -3.30. The number of fused-ring (bicyclic) bond motifs is 5. The van der Waals surface area contributed by atoms with Crippen LogP contribution in [-0.4, -0.2) is 33.8 Å². The highest BCUT2D eigenvalue weighted by atomic mass is 19.1. The number of nitrogens with zero attached hydrogens (tertiary/aromatic N) is 2. The van der Waals surface area contributed by atoms with E-state index in [9.17, 15) is 19.1 Å². The van der Waals surface area contributed by atoms with Crippen molar-refractivity contribution in [1.29, 1.82) is 0 Å². The number of aliphatic hydroxyl groups is 1. The molecule has 9 heteroatoms. The normalized spacial score (nSPS) is 18.6. The molecule has 8 nitrogen and oxygen atoms in total. The molecular weight excluding hydrogens is 441 g/mol. The van der Waals surface area contributed by atoms with Crippen LogP contribution in [0.5, 0.6) is 5.75 Å². The number of hydrogen-bond acceptors (Lipinski definition) is 7. The third-order valence-corrected chi connectivity index (χ3v) is 6.77. The van der Waals surface area contributed by atoms with E-state index in [1.807, 2.05) is 13.8 Å². The van der Waals surface area contributed by atoms with Gasteiger partial charge in [-0.25, -0.2) is 14.2 Å². The molecule has 2 aromatic heterocycles. The van der Waals surface area contributed by atoms with Crippen LogP contribution >= 0.6 is 0 Å². The summed E-state index contributed by atoms with van der Waals surface area (Å²) in [7, 11) is 1.41. The summed E-state index contributed by atoms with van der Waals surface area (Å²) in [5.74, 6) is -1.19. The molecule has 2 aliphatic heterocycles. The number of esters is 1. The van der Waals surface area contributed by atoms with Gasteiger partial charge >= 0.3 is 5.97 Å². The van der Waals surface area contributed by atoms with Gasteiger partial charge in [0.2, 0.25) is 0 Å². The number of carbonyl (C=O) groups is 1. The molecule has 0 bridgehead atoms. The monoisotopic (exact) mass is 467 g/mol. The Morgan fingerprint density at radius 2 is 2.06 bits per heavy atom. The Balaban J connectivity index is 1.80. The molecule has 0 saturated carbocycles. The molecule has 1 atom stereocenters. The fourth-order valence-corrected chi connectivity index (χ4v) is 4.83. The number of pyridine rings is 2. The van der Waals surface area contributed by atoms with E-state index in [1.54, 1.807) is 23.6 Å². The minimum absolute atomic E-state index is 0.0638. The lowest BCUT2D eigenvalue weighted by Gasteiger charge is -2.31. The summed E-state index contributed by atoms with van der Waals surface area (Å²) in [6, 6.07) is 4.81. The van der Waals surface area contributed by atoms with E-state index in [1.165, 1.54) is 13.2 Å². The highest BCUT2D eigenvalue weighted by Gasteiger charge is 2.45. The highest BCUT2D eigenvalue weighted by Crippen LogP contribution is 2.41. The second kappa shape index (κ2) is 7.89. The largest absolute Gasteiger partial charge is 0.494 e. The molecule has 0 radical (unpaired) electrons. The summed E-state index contributed by atoms with van der Waals surface area (Å²) in [6.07, 6.45) is 0.0638. The van der Waals surface area contributed by atoms with Gasteiger partial charge < -0.3 is 24.5 Å². The molecule has 2 aliphatic rings. The molecule has 0 amide bonds. The van der Waals surface area contributed by atoms with Crippen LogP contribution in [0.3, 0.4) is 0 Å². The van der Waals surface area contributed by atoms with Gasteiger partial charge in [0.15, 0.2) is 17.2 Å². The van der Waals surface area contributed by atoms with E-state index < -0.39 is 17.4 Å². The Labute approximate surface area is 195 Å². The maximum Gasteiger partial charge on any atom is 0.343 e. The molecule has 0 fully saturated rings. The smallest absolute Gasteiger partial charge is 0.343 e. The lowest BCUT2D eigenvalue weighted by atomic mass is 9.86. The molecule has 1 aromatic carbocycles. The van der Waals surface area contributed by atoms with Crippen LogP contribution in [-0.2, 0) is 34.8 Å². The van der Waals surface area contributed by atoms with E-state index in [4.69, 9.17) is 14.5 Å². The first-order valence-corrected chi connectivity index (χ1v) is 11.3. The molecule has 3 aromatic rings. The van der Waals surface area contributed by atoms with Gasteiger partial charge in [0.05, 0.1) is 36.1 Å². The second-order valence-electron chi connectivity index (χ2n) is 9.06. The van der Waals surface area contributed by atoms with Gasteiger partial charge in [-0.3, -0.25) is 4.79 Å². The summed E-state index contributed by atoms with van der Waals surface area (Å²) in [5.41, 5.74) is 1.47. The number of methoxy groups -OCH3 is 1. The van der Waals surface area contributed by atoms with Crippen molar-refractivity contribution in [2.24, 2.45) is 0 Å². The van der Waals surface area contributed by atoms with Gasteiger partial charge in [0.25, 0.3) is 5.56 Å². The first-order chi connectivity index (χ1) is 16.2. The maximum absolute atomic E-state index is 14.6. The molecule has 4 heterocycles. The summed E-state index contributed by atoms with van der Waals surface area (Å²) >= 11 is 0. The topological polar surface area (TPSA) is 103 Å². The van der Waals surface area contributed by atoms with Crippen LogP contribution in [0.4, 0.5) is 4.39 Å². The van der Waals surface area contributed by atoms with Crippen LogP contribution in [0.1, 0.15) is 49.4 Å². The number of hydrogen-bond donors (Lipinski definition) is 2. The summed E-state index contributed by atoms with van der Waals surface area (Å²) in [4.78, 5) is 30.6. The number of halogens is 1. The van der Waals surface area contributed by atoms with Gasteiger partial charge in [-0.05, 0) is 24.1 Å². The lowest BCUT2D eigenvalue weighted by molar-refractivity contribution is -0.172. The molecule has 0 saturated heterocycles. The zero-order chi connectivity index (χ0) is 24.4. The first-order valence-electron chi connectivity index (χ1n) is 11.3.